The molecule has 2 aromatic rings. The fourth-order valence-corrected chi connectivity index (χ4v) is 1.85. The van der Waals surface area contributed by atoms with Crippen LogP contribution in [-0.2, 0) is 0 Å². The largest absolute Gasteiger partial charge is 0.438 e. The van der Waals surface area contributed by atoms with Crippen LogP contribution < -0.4 is 4.74 Å². The minimum absolute atomic E-state index is 0.272. The lowest BCUT2D eigenvalue weighted by atomic mass is 10.1. The van der Waals surface area contributed by atoms with E-state index in [0.717, 1.165) is 11.1 Å². The first-order valence-corrected chi connectivity index (χ1v) is 5.75. The molecular formula is C15H12N2O2. The standard InChI is InChI=1S/C15H12N2O2/c1-10-6-12(8-16)7-11(2)14(10)19-15-13(9-18)4-3-5-17-15/h3-7,9H,1-2H3. The average molecular weight is 252 g/mol. The van der Waals surface area contributed by atoms with Crippen LogP contribution in [0.2, 0.25) is 0 Å². The van der Waals surface area contributed by atoms with Crippen LogP contribution in [0, 0.1) is 25.2 Å². The maximum absolute atomic E-state index is 10.9. The molecule has 0 aliphatic rings. The Morgan fingerprint density at radius 2 is 2.00 bits per heavy atom. The van der Waals surface area contributed by atoms with Crippen molar-refractivity contribution in [2.45, 2.75) is 13.8 Å². The van der Waals surface area contributed by atoms with Gasteiger partial charge in [-0.3, -0.25) is 4.79 Å². The summed E-state index contributed by atoms with van der Waals surface area (Å²) < 4.78 is 5.71. The lowest BCUT2D eigenvalue weighted by Gasteiger charge is -2.12. The number of nitrogens with zero attached hydrogens (tertiary/aromatic N) is 2. The van der Waals surface area contributed by atoms with Gasteiger partial charge in [0.2, 0.25) is 5.88 Å². The molecule has 4 nitrogen and oxygen atoms in total. The SMILES string of the molecule is Cc1cc(C#N)cc(C)c1Oc1ncccc1C=O. The van der Waals surface area contributed by atoms with E-state index >= 15 is 0 Å². The molecule has 0 saturated carbocycles. The molecule has 94 valence electrons. The summed E-state index contributed by atoms with van der Waals surface area (Å²) in [5.74, 6) is 0.897. The molecule has 1 heterocycles. The number of aromatic nitrogens is 1. The Morgan fingerprint density at radius 3 is 2.58 bits per heavy atom. The van der Waals surface area contributed by atoms with Crippen molar-refractivity contribution in [3.63, 3.8) is 0 Å². The lowest BCUT2D eigenvalue weighted by molar-refractivity contribution is 0.112. The van der Waals surface area contributed by atoms with Gasteiger partial charge in [0.15, 0.2) is 6.29 Å². The van der Waals surface area contributed by atoms with Crippen LogP contribution >= 0.6 is 0 Å². The molecule has 0 atom stereocenters. The number of pyridine rings is 1. The Balaban J connectivity index is 2.44. The first-order valence-electron chi connectivity index (χ1n) is 5.75. The fraction of sp³-hybridized carbons (Fsp3) is 0.133. The molecule has 2 rings (SSSR count). The van der Waals surface area contributed by atoms with Gasteiger partial charge in [0.1, 0.15) is 5.75 Å². The Kier molecular flexibility index (Phi) is 3.58. The van der Waals surface area contributed by atoms with Crippen LogP contribution in [0.25, 0.3) is 0 Å². The Bertz CT molecular complexity index is 649. The van der Waals surface area contributed by atoms with Gasteiger partial charge in [0.25, 0.3) is 0 Å². The van der Waals surface area contributed by atoms with Gasteiger partial charge in [-0.2, -0.15) is 5.26 Å². The maximum Gasteiger partial charge on any atom is 0.229 e. The van der Waals surface area contributed by atoms with Crippen LogP contribution in [0.15, 0.2) is 30.5 Å². The third-order valence-corrected chi connectivity index (χ3v) is 2.72. The van der Waals surface area contributed by atoms with Crippen molar-refractivity contribution >= 4 is 6.29 Å². The highest BCUT2D eigenvalue weighted by Gasteiger charge is 2.11. The Labute approximate surface area is 111 Å². The Morgan fingerprint density at radius 1 is 1.32 bits per heavy atom. The summed E-state index contributed by atoms with van der Waals surface area (Å²) in [5, 5.41) is 8.90. The minimum atomic E-state index is 0.272. The minimum Gasteiger partial charge on any atom is -0.438 e. The van der Waals surface area contributed by atoms with E-state index in [0.29, 0.717) is 23.2 Å². The van der Waals surface area contributed by atoms with Gasteiger partial charge in [-0.15, -0.1) is 0 Å². The molecule has 1 aromatic carbocycles. The number of aldehydes is 1. The van der Waals surface area contributed by atoms with E-state index in [1.165, 1.54) is 0 Å². The van der Waals surface area contributed by atoms with Crippen molar-refractivity contribution < 1.29 is 9.53 Å². The number of ether oxygens (including phenoxy) is 1. The van der Waals surface area contributed by atoms with Crippen LogP contribution in [0.1, 0.15) is 27.0 Å². The molecule has 0 N–H and O–H groups in total. The molecule has 19 heavy (non-hydrogen) atoms. The molecule has 0 saturated heterocycles. The normalized spacial score (nSPS) is 9.74. The summed E-state index contributed by atoms with van der Waals surface area (Å²) in [4.78, 5) is 15.0. The van der Waals surface area contributed by atoms with Crippen LogP contribution in [-0.4, -0.2) is 11.3 Å². The van der Waals surface area contributed by atoms with Gasteiger partial charge in [-0.25, -0.2) is 4.98 Å². The number of carbonyl (C=O) groups is 1. The molecule has 0 bridgehead atoms. The smallest absolute Gasteiger partial charge is 0.229 e. The zero-order valence-corrected chi connectivity index (χ0v) is 10.7. The second-order valence-electron chi connectivity index (χ2n) is 4.17. The van der Waals surface area contributed by atoms with Gasteiger partial charge in [-0.05, 0) is 49.2 Å². The number of hydrogen-bond donors (Lipinski definition) is 0. The van der Waals surface area contributed by atoms with Crippen molar-refractivity contribution in [2.24, 2.45) is 0 Å². The molecule has 1 aromatic heterocycles. The quantitative estimate of drug-likeness (QED) is 0.787. The third-order valence-electron chi connectivity index (χ3n) is 2.72. The van der Waals surface area contributed by atoms with Crippen molar-refractivity contribution in [1.29, 1.82) is 5.26 Å². The van der Waals surface area contributed by atoms with E-state index in [-0.39, 0.29) is 5.88 Å². The number of benzene rings is 1. The summed E-state index contributed by atoms with van der Waals surface area (Å²) in [6.07, 6.45) is 2.27. The summed E-state index contributed by atoms with van der Waals surface area (Å²) in [7, 11) is 0. The Hall–Kier alpha value is -2.67. The predicted octanol–water partition coefficient (Wildman–Crippen LogP) is 3.17. The molecule has 0 amide bonds. The lowest BCUT2D eigenvalue weighted by Crippen LogP contribution is -1.97. The first kappa shape index (κ1) is 12.8. The molecule has 0 fully saturated rings. The number of rotatable bonds is 3. The highest BCUT2D eigenvalue weighted by atomic mass is 16.5. The number of aryl methyl sites for hydroxylation is 2. The van der Waals surface area contributed by atoms with Crippen molar-refractivity contribution in [2.75, 3.05) is 0 Å². The van der Waals surface area contributed by atoms with E-state index in [4.69, 9.17) is 10.00 Å². The van der Waals surface area contributed by atoms with E-state index in [2.05, 4.69) is 11.1 Å². The first-order chi connectivity index (χ1) is 9.15. The van der Waals surface area contributed by atoms with E-state index in [9.17, 15) is 4.79 Å². The molecule has 0 spiro atoms. The van der Waals surface area contributed by atoms with Crippen molar-refractivity contribution in [3.8, 4) is 17.7 Å². The van der Waals surface area contributed by atoms with Crippen LogP contribution in [0.5, 0.6) is 11.6 Å². The molecule has 0 aliphatic heterocycles. The summed E-state index contributed by atoms with van der Waals surface area (Å²) in [6, 6.07) is 8.90. The average Bonchev–Trinajstić information content (AvgIpc) is 2.43. The molecule has 0 aliphatic carbocycles. The van der Waals surface area contributed by atoms with Gasteiger partial charge in [0.05, 0.1) is 17.2 Å². The van der Waals surface area contributed by atoms with Crippen LogP contribution in [0.3, 0.4) is 0 Å². The van der Waals surface area contributed by atoms with Crippen LogP contribution in [0.4, 0.5) is 0 Å². The predicted molar refractivity (Wildman–Crippen MR) is 70.3 cm³/mol. The zero-order valence-electron chi connectivity index (χ0n) is 10.7. The van der Waals surface area contributed by atoms with Gasteiger partial charge in [0, 0.05) is 6.20 Å². The summed E-state index contributed by atoms with van der Waals surface area (Å²) >= 11 is 0. The van der Waals surface area contributed by atoms with E-state index < -0.39 is 0 Å². The monoisotopic (exact) mass is 252 g/mol. The third kappa shape index (κ3) is 2.61. The van der Waals surface area contributed by atoms with Crippen molar-refractivity contribution in [1.82, 2.24) is 4.98 Å². The van der Waals surface area contributed by atoms with Gasteiger partial charge >= 0.3 is 0 Å². The molecular weight excluding hydrogens is 240 g/mol. The highest BCUT2D eigenvalue weighted by molar-refractivity contribution is 5.78. The number of nitriles is 1. The molecule has 0 unspecified atom stereocenters. The van der Waals surface area contributed by atoms with E-state index in [1.54, 1.807) is 30.5 Å². The zero-order chi connectivity index (χ0) is 13.8. The second-order valence-corrected chi connectivity index (χ2v) is 4.17. The summed E-state index contributed by atoms with van der Waals surface area (Å²) in [5.41, 5.74) is 2.64. The second kappa shape index (κ2) is 5.32. The van der Waals surface area contributed by atoms with Crippen molar-refractivity contribution in [3.05, 3.63) is 52.7 Å². The van der Waals surface area contributed by atoms with Gasteiger partial charge < -0.3 is 4.74 Å². The molecule has 4 heteroatoms. The van der Waals surface area contributed by atoms with Gasteiger partial charge in [-0.1, -0.05) is 0 Å². The highest BCUT2D eigenvalue weighted by Crippen LogP contribution is 2.29. The fourth-order valence-electron chi connectivity index (χ4n) is 1.85. The summed E-state index contributed by atoms with van der Waals surface area (Å²) in [6.45, 7) is 3.71. The number of carbonyl (C=O) groups excluding carboxylic acids is 1. The number of hydrogen-bond acceptors (Lipinski definition) is 4. The van der Waals surface area contributed by atoms with E-state index in [1.807, 2.05) is 13.8 Å². The molecule has 0 radical (unpaired) electrons. The topological polar surface area (TPSA) is 63.0 Å². The maximum atomic E-state index is 10.9.